The first-order valence-electron chi connectivity index (χ1n) is 8.65. The zero-order valence-corrected chi connectivity index (χ0v) is 15.4. The van der Waals surface area contributed by atoms with Crippen molar-refractivity contribution < 1.29 is 14.3 Å². The molecule has 26 heavy (non-hydrogen) atoms. The number of benzene rings is 1. The second kappa shape index (κ2) is 7.06. The number of ether oxygens (including phenoxy) is 2. The monoisotopic (exact) mass is 375 g/mol. The molecule has 0 radical (unpaired) electrons. The number of carbonyl (C=O) groups excluding carboxylic acids is 1. The molecule has 0 spiro atoms. The fourth-order valence-corrected chi connectivity index (χ4v) is 3.63. The lowest BCUT2D eigenvalue weighted by Crippen LogP contribution is -2.31. The van der Waals surface area contributed by atoms with Crippen molar-refractivity contribution in [2.45, 2.75) is 37.4 Å². The van der Waals surface area contributed by atoms with Crippen LogP contribution in [0.1, 0.15) is 37.1 Å². The topological polar surface area (TPSA) is 95.5 Å². The fourth-order valence-electron chi connectivity index (χ4n) is 2.86. The Bertz CT molecular complexity index is 821. The molecule has 138 valence electrons. The van der Waals surface area contributed by atoms with E-state index < -0.39 is 0 Å². The molecule has 0 atom stereocenters. The van der Waals surface area contributed by atoms with Gasteiger partial charge < -0.3 is 20.2 Å². The first kappa shape index (κ1) is 17.0. The van der Waals surface area contributed by atoms with Crippen LogP contribution in [0.5, 0.6) is 11.5 Å². The molecule has 1 aromatic heterocycles. The van der Waals surface area contributed by atoms with Gasteiger partial charge in [-0.25, -0.2) is 4.68 Å². The smallest absolute Gasteiger partial charge is 0.233 e. The number of aromatic nitrogens is 3. The summed E-state index contributed by atoms with van der Waals surface area (Å²) in [7, 11) is 0. The summed E-state index contributed by atoms with van der Waals surface area (Å²) < 4.78 is 12.2. The predicted octanol–water partition coefficient (Wildman–Crippen LogP) is 1.74. The second-order valence-electron chi connectivity index (χ2n) is 6.37. The molecule has 2 aliphatic rings. The molecule has 2 N–H and O–H groups in total. The number of hydrogen-bond acceptors (Lipinski definition) is 7. The summed E-state index contributed by atoms with van der Waals surface area (Å²) >= 11 is 1.32. The van der Waals surface area contributed by atoms with Crippen molar-refractivity contribution in [3.05, 3.63) is 29.6 Å². The second-order valence-corrected chi connectivity index (χ2v) is 7.31. The normalized spacial score (nSPS) is 15.3. The minimum Gasteiger partial charge on any atom is -0.454 e. The third kappa shape index (κ3) is 3.44. The fraction of sp³-hybridized carbons (Fsp3) is 0.471. The Labute approximate surface area is 155 Å². The maximum absolute atomic E-state index is 12.6. The van der Waals surface area contributed by atoms with Crippen LogP contribution in [0.15, 0.2) is 23.4 Å². The number of nitrogen functional groups attached to an aromatic ring is 1. The lowest BCUT2D eigenvalue weighted by Gasteiger charge is -2.21. The van der Waals surface area contributed by atoms with E-state index >= 15 is 0 Å². The van der Waals surface area contributed by atoms with Gasteiger partial charge in [0.2, 0.25) is 17.9 Å². The third-order valence-electron chi connectivity index (χ3n) is 4.50. The van der Waals surface area contributed by atoms with E-state index in [-0.39, 0.29) is 18.5 Å². The number of thioether (sulfide) groups is 1. The van der Waals surface area contributed by atoms with Crippen LogP contribution >= 0.6 is 11.8 Å². The summed E-state index contributed by atoms with van der Waals surface area (Å²) in [5.74, 6) is 9.05. The number of rotatable bonds is 7. The average molecular weight is 375 g/mol. The van der Waals surface area contributed by atoms with Crippen LogP contribution in [-0.2, 0) is 11.3 Å². The highest BCUT2D eigenvalue weighted by Gasteiger charge is 2.30. The Kier molecular flexibility index (Phi) is 4.62. The molecule has 2 aromatic rings. The number of nitrogens with two attached hydrogens (primary N) is 1. The van der Waals surface area contributed by atoms with Gasteiger partial charge in [-0.1, -0.05) is 17.8 Å². The SMILES string of the molecule is CCN(Cc1ccc2c(c1)OCO2)C(=O)CSc1nnc(C2CC2)n1N. The molecule has 2 heterocycles. The highest BCUT2D eigenvalue weighted by molar-refractivity contribution is 7.99. The van der Waals surface area contributed by atoms with Crippen LogP contribution in [0.2, 0.25) is 0 Å². The molecule has 0 saturated heterocycles. The van der Waals surface area contributed by atoms with Gasteiger partial charge >= 0.3 is 0 Å². The van der Waals surface area contributed by atoms with E-state index in [1.807, 2.05) is 25.1 Å². The van der Waals surface area contributed by atoms with E-state index in [1.54, 1.807) is 4.90 Å². The van der Waals surface area contributed by atoms with E-state index in [0.717, 1.165) is 35.7 Å². The molecule has 8 nitrogen and oxygen atoms in total. The molecule has 1 saturated carbocycles. The van der Waals surface area contributed by atoms with Gasteiger partial charge in [0, 0.05) is 19.0 Å². The Morgan fingerprint density at radius 1 is 1.35 bits per heavy atom. The number of carbonyl (C=O) groups is 1. The standard InChI is InChI=1S/C17H21N5O3S/c1-2-21(8-11-3-6-13-14(7-11)25-10-24-13)15(23)9-26-17-20-19-16(22(17)18)12-4-5-12/h3,6-7,12H,2,4-5,8-10,18H2,1H3. The van der Waals surface area contributed by atoms with Crippen molar-refractivity contribution in [3.8, 4) is 11.5 Å². The molecule has 1 aromatic carbocycles. The van der Waals surface area contributed by atoms with Crippen molar-refractivity contribution in [1.29, 1.82) is 0 Å². The van der Waals surface area contributed by atoms with Crippen LogP contribution in [0.25, 0.3) is 0 Å². The highest BCUT2D eigenvalue weighted by atomic mass is 32.2. The predicted molar refractivity (Wildman–Crippen MR) is 96.5 cm³/mol. The number of fused-ring (bicyclic) bond motifs is 1. The van der Waals surface area contributed by atoms with Gasteiger partial charge in [-0.05, 0) is 37.5 Å². The van der Waals surface area contributed by atoms with Crippen molar-refractivity contribution >= 4 is 17.7 Å². The molecule has 1 aliphatic heterocycles. The summed E-state index contributed by atoms with van der Waals surface area (Å²) in [6.07, 6.45) is 2.22. The van der Waals surface area contributed by atoms with Crippen LogP contribution in [0.4, 0.5) is 0 Å². The lowest BCUT2D eigenvalue weighted by molar-refractivity contribution is -0.128. The molecule has 0 bridgehead atoms. The molecule has 0 unspecified atom stereocenters. The zero-order chi connectivity index (χ0) is 18.1. The molecule has 1 amide bonds. The number of nitrogens with zero attached hydrogens (tertiary/aromatic N) is 4. The van der Waals surface area contributed by atoms with Crippen molar-refractivity contribution in [1.82, 2.24) is 19.8 Å². The Morgan fingerprint density at radius 3 is 2.92 bits per heavy atom. The van der Waals surface area contributed by atoms with E-state index in [0.29, 0.717) is 24.2 Å². The van der Waals surface area contributed by atoms with Crippen LogP contribution in [0.3, 0.4) is 0 Å². The van der Waals surface area contributed by atoms with Gasteiger partial charge in [0.25, 0.3) is 0 Å². The van der Waals surface area contributed by atoms with E-state index in [4.69, 9.17) is 15.3 Å². The van der Waals surface area contributed by atoms with Crippen molar-refractivity contribution in [2.24, 2.45) is 0 Å². The van der Waals surface area contributed by atoms with Gasteiger partial charge in [0.1, 0.15) is 0 Å². The number of hydrogen-bond donors (Lipinski definition) is 1. The Hall–Kier alpha value is -2.42. The summed E-state index contributed by atoms with van der Waals surface area (Å²) in [5, 5.41) is 8.83. The highest BCUT2D eigenvalue weighted by Crippen LogP contribution is 2.39. The molecule has 9 heteroatoms. The van der Waals surface area contributed by atoms with E-state index in [2.05, 4.69) is 10.2 Å². The van der Waals surface area contributed by atoms with Crippen molar-refractivity contribution in [2.75, 3.05) is 24.9 Å². The maximum atomic E-state index is 12.6. The molecule has 4 rings (SSSR count). The Morgan fingerprint density at radius 2 is 2.15 bits per heavy atom. The number of amides is 1. The van der Waals surface area contributed by atoms with Crippen LogP contribution < -0.4 is 15.3 Å². The summed E-state index contributed by atoms with van der Waals surface area (Å²) in [6.45, 7) is 3.35. The van der Waals surface area contributed by atoms with Crippen LogP contribution in [-0.4, -0.2) is 44.8 Å². The van der Waals surface area contributed by atoms with Gasteiger partial charge in [0.15, 0.2) is 17.3 Å². The quantitative estimate of drug-likeness (QED) is 0.582. The van der Waals surface area contributed by atoms with E-state index in [9.17, 15) is 4.79 Å². The summed E-state index contributed by atoms with van der Waals surface area (Å²) in [5.41, 5.74) is 1.01. The molecular weight excluding hydrogens is 354 g/mol. The largest absolute Gasteiger partial charge is 0.454 e. The average Bonchev–Trinajstić information content (AvgIpc) is 3.26. The van der Waals surface area contributed by atoms with Gasteiger partial charge in [-0.2, -0.15) is 0 Å². The maximum Gasteiger partial charge on any atom is 0.233 e. The minimum atomic E-state index is 0.0335. The molecule has 1 aliphatic carbocycles. The van der Waals surface area contributed by atoms with Gasteiger partial charge in [-0.15, -0.1) is 10.2 Å². The summed E-state index contributed by atoms with van der Waals surface area (Å²) in [4.78, 5) is 14.4. The third-order valence-corrected chi connectivity index (χ3v) is 5.43. The van der Waals surface area contributed by atoms with Gasteiger partial charge in [-0.3, -0.25) is 4.79 Å². The Balaban J connectivity index is 1.36. The van der Waals surface area contributed by atoms with Crippen LogP contribution in [0, 0.1) is 0 Å². The summed E-state index contributed by atoms with van der Waals surface area (Å²) in [6, 6.07) is 5.75. The lowest BCUT2D eigenvalue weighted by atomic mass is 10.2. The minimum absolute atomic E-state index is 0.0335. The van der Waals surface area contributed by atoms with Crippen molar-refractivity contribution in [3.63, 3.8) is 0 Å². The van der Waals surface area contributed by atoms with E-state index in [1.165, 1.54) is 16.4 Å². The first-order chi connectivity index (χ1) is 12.7. The first-order valence-corrected chi connectivity index (χ1v) is 9.63. The molecular formula is C17H21N5O3S. The van der Waals surface area contributed by atoms with Gasteiger partial charge in [0.05, 0.1) is 5.75 Å². The zero-order valence-electron chi connectivity index (χ0n) is 14.6. The molecule has 1 fully saturated rings.